The molecule has 146 valence electrons. The highest BCUT2D eigenvalue weighted by Gasteiger charge is 2.16. The molecule has 0 bridgehead atoms. The lowest BCUT2D eigenvalue weighted by molar-refractivity contribution is -0.117. The zero-order chi connectivity index (χ0) is 20.5. The van der Waals surface area contributed by atoms with Gasteiger partial charge in [-0.25, -0.2) is 18.9 Å². The van der Waals surface area contributed by atoms with Crippen LogP contribution in [0.2, 0.25) is 0 Å². The first kappa shape index (κ1) is 18.6. The van der Waals surface area contributed by atoms with Crippen molar-refractivity contribution in [3.8, 4) is 11.4 Å². The standard InChI is InChI=1S/C22H21N5O2/c1-14-9-15(2)11-18(10-14)24-20(28)13-26-22(29)27-19(25-26)12-16(3)23-21(27)17-7-5-4-6-8-17/h4-12H,13H2,1-3H3,(H,24,28). The number of nitrogens with zero attached hydrogens (tertiary/aromatic N) is 4. The molecular formula is C22H21N5O2. The van der Waals surface area contributed by atoms with Crippen molar-refractivity contribution < 1.29 is 4.79 Å². The number of fused-ring (bicyclic) bond motifs is 1. The summed E-state index contributed by atoms with van der Waals surface area (Å²) >= 11 is 0. The average molecular weight is 387 g/mol. The van der Waals surface area contributed by atoms with E-state index in [2.05, 4.69) is 15.4 Å². The zero-order valence-corrected chi connectivity index (χ0v) is 16.5. The predicted octanol–water partition coefficient (Wildman–Crippen LogP) is 3.12. The maximum atomic E-state index is 13.0. The van der Waals surface area contributed by atoms with Crippen LogP contribution in [0.25, 0.3) is 17.0 Å². The van der Waals surface area contributed by atoms with Crippen LogP contribution in [0.1, 0.15) is 16.8 Å². The van der Waals surface area contributed by atoms with Gasteiger partial charge in [-0.1, -0.05) is 36.4 Å². The fourth-order valence-electron chi connectivity index (χ4n) is 3.42. The molecule has 2 aromatic carbocycles. The van der Waals surface area contributed by atoms with Gasteiger partial charge in [-0.15, -0.1) is 5.10 Å². The molecule has 0 aliphatic carbocycles. The first-order chi connectivity index (χ1) is 13.9. The third-order valence-corrected chi connectivity index (χ3v) is 4.53. The molecule has 0 radical (unpaired) electrons. The average Bonchev–Trinajstić information content (AvgIpc) is 2.96. The highest BCUT2D eigenvalue weighted by Crippen LogP contribution is 2.17. The van der Waals surface area contributed by atoms with Crippen molar-refractivity contribution >= 4 is 17.2 Å². The Bertz CT molecular complexity index is 1250. The second-order valence-corrected chi connectivity index (χ2v) is 7.15. The second kappa shape index (κ2) is 7.35. The van der Waals surface area contributed by atoms with Crippen molar-refractivity contribution in [2.75, 3.05) is 5.32 Å². The Morgan fingerprint density at radius 2 is 1.69 bits per heavy atom. The molecule has 7 heteroatoms. The van der Waals surface area contributed by atoms with Crippen molar-refractivity contribution in [1.82, 2.24) is 19.2 Å². The number of carbonyl (C=O) groups is 1. The molecule has 1 amide bonds. The van der Waals surface area contributed by atoms with Crippen LogP contribution < -0.4 is 11.0 Å². The van der Waals surface area contributed by atoms with E-state index < -0.39 is 5.69 Å². The Balaban J connectivity index is 1.69. The normalized spacial score (nSPS) is 11.0. The summed E-state index contributed by atoms with van der Waals surface area (Å²) in [6, 6.07) is 17.0. The molecule has 0 aliphatic heterocycles. The van der Waals surface area contributed by atoms with Gasteiger partial charge in [0, 0.05) is 23.0 Å². The van der Waals surface area contributed by atoms with Crippen LogP contribution in [0, 0.1) is 20.8 Å². The number of amides is 1. The minimum absolute atomic E-state index is 0.180. The molecule has 4 rings (SSSR count). The summed E-state index contributed by atoms with van der Waals surface area (Å²) in [5, 5.41) is 7.18. The number of aromatic nitrogens is 4. The molecule has 7 nitrogen and oxygen atoms in total. The van der Waals surface area contributed by atoms with E-state index in [1.54, 1.807) is 6.07 Å². The minimum Gasteiger partial charge on any atom is -0.324 e. The molecular weight excluding hydrogens is 366 g/mol. The fraction of sp³-hybridized carbons (Fsp3) is 0.182. The van der Waals surface area contributed by atoms with Crippen LogP contribution >= 0.6 is 0 Å². The number of hydrogen-bond donors (Lipinski definition) is 1. The first-order valence-corrected chi connectivity index (χ1v) is 9.31. The van der Waals surface area contributed by atoms with E-state index in [-0.39, 0.29) is 12.5 Å². The lowest BCUT2D eigenvalue weighted by Crippen LogP contribution is -2.28. The van der Waals surface area contributed by atoms with Gasteiger partial charge in [0.25, 0.3) is 0 Å². The van der Waals surface area contributed by atoms with Crippen molar-refractivity contribution in [3.05, 3.63) is 81.9 Å². The molecule has 0 saturated carbocycles. The van der Waals surface area contributed by atoms with E-state index >= 15 is 0 Å². The first-order valence-electron chi connectivity index (χ1n) is 9.31. The molecule has 0 spiro atoms. The Kier molecular flexibility index (Phi) is 4.72. The van der Waals surface area contributed by atoms with Crippen LogP contribution in [-0.4, -0.2) is 25.1 Å². The predicted molar refractivity (Wildman–Crippen MR) is 112 cm³/mol. The van der Waals surface area contributed by atoms with Gasteiger partial charge in [0.15, 0.2) is 5.65 Å². The van der Waals surface area contributed by atoms with Crippen LogP contribution in [0.15, 0.2) is 59.4 Å². The summed E-state index contributed by atoms with van der Waals surface area (Å²) in [5.41, 5.74) is 4.42. The van der Waals surface area contributed by atoms with E-state index in [9.17, 15) is 9.59 Å². The topological polar surface area (TPSA) is 81.3 Å². The summed E-state index contributed by atoms with van der Waals surface area (Å²) in [6.45, 7) is 5.61. The van der Waals surface area contributed by atoms with Crippen molar-refractivity contribution in [1.29, 1.82) is 0 Å². The smallest absolute Gasteiger partial charge is 0.324 e. The highest BCUT2D eigenvalue weighted by molar-refractivity contribution is 5.90. The largest absolute Gasteiger partial charge is 0.352 e. The Hall–Kier alpha value is -3.74. The summed E-state index contributed by atoms with van der Waals surface area (Å²) in [5.74, 6) is 0.193. The van der Waals surface area contributed by atoms with Crippen LogP contribution in [0.5, 0.6) is 0 Å². The van der Waals surface area contributed by atoms with Gasteiger partial charge in [-0.3, -0.25) is 4.79 Å². The van der Waals surface area contributed by atoms with Gasteiger partial charge in [0.1, 0.15) is 12.4 Å². The maximum absolute atomic E-state index is 13.0. The summed E-state index contributed by atoms with van der Waals surface area (Å²) in [6.07, 6.45) is 0. The zero-order valence-electron chi connectivity index (χ0n) is 16.5. The molecule has 0 fully saturated rings. The van der Waals surface area contributed by atoms with Gasteiger partial charge < -0.3 is 5.32 Å². The van der Waals surface area contributed by atoms with E-state index in [4.69, 9.17) is 0 Å². The van der Waals surface area contributed by atoms with Crippen molar-refractivity contribution in [2.24, 2.45) is 0 Å². The van der Waals surface area contributed by atoms with Gasteiger partial charge in [0.2, 0.25) is 5.91 Å². The summed E-state index contributed by atoms with van der Waals surface area (Å²) in [7, 11) is 0. The van der Waals surface area contributed by atoms with Crippen LogP contribution in [0.3, 0.4) is 0 Å². The fourth-order valence-corrected chi connectivity index (χ4v) is 3.42. The lowest BCUT2D eigenvalue weighted by atomic mass is 10.1. The SMILES string of the molecule is Cc1cc(C)cc(NC(=O)Cn2nc3cc(C)nc(-c4ccccc4)n3c2=O)c1. The Morgan fingerprint density at radius 3 is 2.38 bits per heavy atom. The van der Waals surface area contributed by atoms with E-state index in [0.29, 0.717) is 17.2 Å². The minimum atomic E-state index is -0.401. The molecule has 0 saturated heterocycles. The second-order valence-electron chi connectivity index (χ2n) is 7.15. The molecule has 4 aromatic rings. The highest BCUT2D eigenvalue weighted by atomic mass is 16.2. The number of nitrogens with one attached hydrogen (secondary N) is 1. The van der Waals surface area contributed by atoms with Gasteiger partial charge >= 0.3 is 5.69 Å². The molecule has 0 unspecified atom stereocenters. The number of benzene rings is 2. The van der Waals surface area contributed by atoms with Gasteiger partial charge in [-0.2, -0.15) is 0 Å². The number of rotatable bonds is 4. The quantitative estimate of drug-likeness (QED) is 0.583. The third kappa shape index (κ3) is 3.80. The molecule has 29 heavy (non-hydrogen) atoms. The van der Waals surface area contributed by atoms with Gasteiger partial charge in [-0.05, 0) is 44.0 Å². The number of aryl methyl sites for hydroxylation is 3. The number of carbonyl (C=O) groups excluding carboxylic acids is 1. The lowest BCUT2D eigenvalue weighted by Gasteiger charge is -2.07. The van der Waals surface area contributed by atoms with E-state index in [1.807, 2.05) is 69.3 Å². The van der Waals surface area contributed by atoms with Crippen LogP contribution in [-0.2, 0) is 11.3 Å². The van der Waals surface area contributed by atoms with E-state index in [0.717, 1.165) is 22.4 Å². The Morgan fingerprint density at radius 1 is 1.00 bits per heavy atom. The van der Waals surface area contributed by atoms with Crippen molar-refractivity contribution in [3.63, 3.8) is 0 Å². The molecule has 2 aromatic heterocycles. The Labute approximate surface area is 167 Å². The van der Waals surface area contributed by atoms with E-state index in [1.165, 1.54) is 9.08 Å². The third-order valence-electron chi connectivity index (χ3n) is 4.53. The maximum Gasteiger partial charge on any atom is 0.352 e. The summed E-state index contributed by atoms with van der Waals surface area (Å²) in [4.78, 5) is 30.0. The van der Waals surface area contributed by atoms with Gasteiger partial charge in [0.05, 0.1) is 0 Å². The molecule has 1 N–H and O–H groups in total. The number of hydrogen-bond acceptors (Lipinski definition) is 4. The number of anilines is 1. The monoisotopic (exact) mass is 387 g/mol. The molecule has 0 aliphatic rings. The van der Waals surface area contributed by atoms with Crippen LogP contribution in [0.4, 0.5) is 5.69 Å². The molecule has 0 atom stereocenters. The molecule has 2 heterocycles. The summed E-state index contributed by atoms with van der Waals surface area (Å²) < 4.78 is 2.60. The van der Waals surface area contributed by atoms with Crippen molar-refractivity contribution in [2.45, 2.75) is 27.3 Å².